The summed E-state index contributed by atoms with van der Waals surface area (Å²) < 4.78 is 24.7. The van der Waals surface area contributed by atoms with Gasteiger partial charge in [-0.1, -0.05) is 0 Å². The molecule has 0 aromatic heterocycles. The van der Waals surface area contributed by atoms with Crippen LogP contribution in [-0.4, -0.2) is 40.7 Å². The van der Waals surface area contributed by atoms with Crippen LogP contribution < -0.4 is 21.1 Å². The molecule has 1 rings (SSSR count). The van der Waals surface area contributed by atoms with Crippen molar-refractivity contribution < 1.29 is 13.2 Å². The topological polar surface area (TPSA) is 113 Å². The summed E-state index contributed by atoms with van der Waals surface area (Å²) in [4.78, 5) is 11.5. The van der Waals surface area contributed by atoms with Gasteiger partial charge < -0.3 is 16.4 Å². The molecule has 0 saturated carbocycles. The Morgan fingerprint density at radius 1 is 1.32 bits per heavy atom. The number of nitrogen functional groups attached to an aromatic ring is 1. The summed E-state index contributed by atoms with van der Waals surface area (Å²) in [6.45, 7) is 0.199. The van der Waals surface area contributed by atoms with Gasteiger partial charge in [0, 0.05) is 19.2 Å². The molecular formula is C11H18N4O3S. The van der Waals surface area contributed by atoms with Crippen LogP contribution in [0, 0.1) is 0 Å². The van der Waals surface area contributed by atoms with Gasteiger partial charge in [-0.3, -0.25) is 4.79 Å². The first kappa shape index (κ1) is 15.3. The van der Waals surface area contributed by atoms with Crippen LogP contribution in [-0.2, 0) is 10.0 Å². The molecule has 8 heteroatoms. The summed E-state index contributed by atoms with van der Waals surface area (Å²) in [6, 6.07) is 4.78. The molecule has 5 N–H and O–H groups in total. The summed E-state index contributed by atoms with van der Waals surface area (Å²) >= 11 is 0. The molecule has 0 aliphatic heterocycles. The molecule has 106 valence electrons. The zero-order valence-corrected chi connectivity index (χ0v) is 11.7. The molecule has 0 heterocycles. The predicted octanol–water partition coefficient (Wildman–Crippen LogP) is -0.410. The molecule has 1 amide bonds. The van der Waals surface area contributed by atoms with Gasteiger partial charge in [-0.15, -0.1) is 0 Å². The number of carbonyl (C=O) groups excluding carboxylic acids is 1. The van der Waals surface area contributed by atoms with Crippen molar-refractivity contribution in [1.82, 2.24) is 10.0 Å². The first-order valence-electron chi connectivity index (χ1n) is 5.66. The summed E-state index contributed by atoms with van der Waals surface area (Å²) in [7, 11) is -0.376. The van der Waals surface area contributed by atoms with Crippen LogP contribution in [0.5, 0.6) is 0 Å². The van der Waals surface area contributed by atoms with Crippen LogP contribution in [0.2, 0.25) is 0 Å². The summed E-state index contributed by atoms with van der Waals surface area (Å²) in [5, 5.41) is 5.40. The lowest BCUT2D eigenvalue weighted by molar-refractivity contribution is 0.0963. The van der Waals surface area contributed by atoms with E-state index in [1.807, 2.05) is 0 Å². The largest absolute Gasteiger partial charge is 0.397 e. The number of sulfonamides is 1. The molecule has 1 aromatic rings. The summed E-state index contributed by atoms with van der Waals surface area (Å²) in [6.07, 6.45) is 0. The predicted molar refractivity (Wildman–Crippen MR) is 75.6 cm³/mol. The highest BCUT2D eigenvalue weighted by Gasteiger charge is 2.09. The van der Waals surface area contributed by atoms with Gasteiger partial charge in [0.2, 0.25) is 10.0 Å². The third-order valence-corrected chi connectivity index (χ3v) is 3.90. The highest BCUT2D eigenvalue weighted by Crippen LogP contribution is 2.19. The molecular weight excluding hydrogens is 268 g/mol. The normalized spacial score (nSPS) is 11.1. The van der Waals surface area contributed by atoms with Gasteiger partial charge in [0.1, 0.15) is 0 Å². The summed E-state index contributed by atoms with van der Waals surface area (Å²) in [5.74, 6) is -0.307. The molecule has 0 spiro atoms. The maximum Gasteiger partial charge on any atom is 0.251 e. The fraction of sp³-hybridized carbons (Fsp3) is 0.364. The van der Waals surface area contributed by atoms with Gasteiger partial charge in [-0.25, -0.2) is 13.1 Å². The van der Waals surface area contributed by atoms with Gasteiger partial charge in [0.15, 0.2) is 0 Å². The van der Waals surface area contributed by atoms with E-state index in [4.69, 9.17) is 5.73 Å². The molecule has 0 atom stereocenters. The Balaban J connectivity index is 2.75. The highest BCUT2D eigenvalue weighted by atomic mass is 32.2. The Bertz CT molecular complexity index is 557. The summed E-state index contributed by atoms with van der Waals surface area (Å²) in [5.41, 5.74) is 7.20. The second kappa shape index (κ2) is 6.39. The Morgan fingerprint density at radius 2 is 2.00 bits per heavy atom. The number of nitrogens with one attached hydrogen (secondary N) is 3. The molecule has 0 unspecified atom stereocenters. The minimum atomic E-state index is -3.27. The Kier molecular flexibility index (Phi) is 5.13. The third-order valence-electron chi connectivity index (χ3n) is 2.54. The lowest BCUT2D eigenvalue weighted by atomic mass is 10.1. The van der Waals surface area contributed by atoms with E-state index in [1.54, 1.807) is 18.2 Å². The minimum Gasteiger partial charge on any atom is -0.397 e. The van der Waals surface area contributed by atoms with Crippen LogP contribution in [0.25, 0.3) is 0 Å². The monoisotopic (exact) mass is 286 g/mol. The van der Waals surface area contributed by atoms with E-state index in [0.29, 0.717) is 16.9 Å². The van der Waals surface area contributed by atoms with Crippen LogP contribution in [0.4, 0.5) is 11.4 Å². The number of benzene rings is 1. The van der Waals surface area contributed by atoms with Crippen LogP contribution in [0.1, 0.15) is 10.4 Å². The van der Waals surface area contributed by atoms with Gasteiger partial charge >= 0.3 is 0 Å². The molecule has 0 bridgehead atoms. The fourth-order valence-corrected chi connectivity index (χ4v) is 1.99. The number of hydrogen-bond acceptors (Lipinski definition) is 5. The minimum absolute atomic E-state index is 0.0762. The highest BCUT2D eigenvalue weighted by molar-refractivity contribution is 7.89. The Labute approximate surface area is 112 Å². The van der Waals surface area contributed by atoms with Gasteiger partial charge in [-0.05, 0) is 25.2 Å². The molecule has 0 aliphatic carbocycles. The third kappa shape index (κ3) is 4.42. The number of rotatable bonds is 6. The van der Waals surface area contributed by atoms with Crippen LogP contribution in [0.15, 0.2) is 18.2 Å². The quantitative estimate of drug-likeness (QED) is 0.531. The molecule has 0 fully saturated rings. The van der Waals surface area contributed by atoms with Crippen molar-refractivity contribution in [3.63, 3.8) is 0 Å². The van der Waals surface area contributed by atoms with Crippen LogP contribution >= 0.6 is 0 Å². The van der Waals surface area contributed by atoms with Crippen molar-refractivity contribution in [3.05, 3.63) is 23.8 Å². The van der Waals surface area contributed by atoms with Crippen molar-refractivity contribution >= 4 is 27.3 Å². The van der Waals surface area contributed by atoms with Crippen molar-refractivity contribution in [2.75, 3.05) is 37.4 Å². The van der Waals surface area contributed by atoms with Crippen LogP contribution in [0.3, 0.4) is 0 Å². The SMILES string of the molecule is CNC(=O)c1ccc(N)c(NCCS(=O)(=O)NC)c1. The lowest BCUT2D eigenvalue weighted by Gasteiger charge is -2.11. The van der Waals surface area contributed by atoms with Gasteiger partial charge in [0.05, 0.1) is 17.1 Å². The zero-order chi connectivity index (χ0) is 14.5. The molecule has 1 aromatic carbocycles. The van der Waals surface area contributed by atoms with E-state index in [9.17, 15) is 13.2 Å². The van der Waals surface area contributed by atoms with E-state index in [-0.39, 0.29) is 18.2 Å². The van der Waals surface area contributed by atoms with E-state index >= 15 is 0 Å². The van der Waals surface area contributed by atoms with Crippen molar-refractivity contribution in [2.45, 2.75) is 0 Å². The Hall–Kier alpha value is -1.80. The Morgan fingerprint density at radius 3 is 2.58 bits per heavy atom. The smallest absolute Gasteiger partial charge is 0.251 e. The first-order valence-corrected chi connectivity index (χ1v) is 7.31. The van der Waals surface area contributed by atoms with E-state index in [2.05, 4.69) is 15.4 Å². The average molecular weight is 286 g/mol. The second-order valence-corrected chi connectivity index (χ2v) is 5.88. The zero-order valence-electron chi connectivity index (χ0n) is 10.9. The number of carbonyl (C=O) groups is 1. The molecule has 7 nitrogen and oxygen atoms in total. The maximum atomic E-state index is 11.5. The van der Waals surface area contributed by atoms with Gasteiger partial charge in [0.25, 0.3) is 5.91 Å². The van der Waals surface area contributed by atoms with Crippen molar-refractivity contribution in [2.24, 2.45) is 0 Å². The second-order valence-electron chi connectivity index (χ2n) is 3.83. The molecule has 0 aliphatic rings. The average Bonchev–Trinajstić information content (AvgIpc) is 2.40. The fourth-order valence-electron chi connectivity index (χ4n) is 1.42. The van der Waals surface area contributed by atoms with E-state index in [1.165, 1.54) is 14.1 Å². The molecule has 0 radical (unpaired) electrons. The standard InChI is InChI=1S/C11H18N4O3S/c1-13-11(16)8-3-4-9(12)10(7-8)15-5-6-19(17,18)14-2/h3-4,7,14-15H,5-6,12H2,1-2H3,(H,13,16). The number of anilines is 2. The number of nitrogens with two attached hydrogens (primary N) is 1. The van der Waals surface area contributed by atoms with Gasteiger partial charge in [-0.2, -0.15) is 0 Å². The van der Waals surface area contributed by atoms with Crippen molar-refractivity contribution in [3.8, 4) is 0 Å². The first-order chi connectivity index (χ1) is 8.89. The van der Waals surface area contributed by atoms with E-state index in [0.717, 1.165) is 0 Å². The number of hydrogen-bond donors (Lipinski definition) is 4. The molecule has 19 heavy (non-hydrogen) atoms. The molecule has 0 saturated heterocycles. The van der Waals surface area contributed by atoms with Crippen molar-refractivity contribution in [1.29, 1.82) is 0 Å². The van der Waals surface area contributed by atoms with E-state index < -0.39 is 10.0 Å². The lowest BCUT2D eigenvalue weighted by Crippen LogP contribution is -2.26. The maximum absolute atomic E-state index is 11.5. The number of amides is 1.